The van der Waals surface area contributed by atoms with Crippen molar-refractivity contribution in [1.82, 2.24) is 10.3 Å². The van der Waals surface area contributed by atoms with E-state index in [0.717, 1.165) is 35.7 Å². The molecule has 118 valence electrons. The standard InChI is InChI=1S/C17H22ClN3O/c1-11(22)20-16-5-7-21(10-17(16,2)3)15-9-12(18)8-14-13(15)4-6-19-14/h4,6,8-9,16,19H,5,7,10H2,1-3H3,(H,20,22). The first kappa shape index (κ1) is 15.2. The van der Waals surface area contributed by atoms with Gasteiger partial charge in [0.1, 0.15) is 0 Å². The van der Waals surface area contributed by atoms with Gasteiger partial charge in [0.05, 0.1) is 0 Å². The normalized spacial score (nSPS) is 21.1. The van der Waals surface area contributed by atoms with Crippen LogP contribution in [0, 0.1) is 5.41 Å². The number of nitrogens with one attached hydrogen (secondary N) is 2. The predicted octanol–water partition coefficient (Wildman–Crippen LogP) is 3.56. The maximum atomic E-state index is 11.4. The van der Waals surface area contributed by atoms with Crippen molar-refractivity contribution in [2.45, 2.75) is 33.2 Å². The molecule has 5 heteroatoms. The number of rotatable bonds is 2. The molecule has 1 unspecified atom stereocenters. The van der Waals surface area contributed by atoms with E-state index in [1.54, 1.807) is 6.92 Å². The van der Waals surface area contributed by atoms with E-state index in [0.29, 0.717) is 0 Å². The topological polar surface area (TPSA) is 48.1 Å². The van der Waals surface area contributed by atoms with Crippen molar-refractivity contribution in [3.63, 3.8) is 0 Å². The number of hydrogen-bond donors (Lipinski definition) is 2. The van der Waals surface area contributed by atoms with Crippen LogP contribution in [-0.2, 0) is 4.79 Å². The summed E-state index contributed by atoms with van der Waals surface area (Å²) < 4.78 is 0. The van der Waals surface area contributed by atoms with E-state index in [1.807, 2.05) is 18.3 Å². The Hall–Kier alpha value is -1.68. The van der Waals surface area contributed by atoms with Crippen LogP contribution in [0.5, 0.6) is 0 Å². The van der Waals surface area contributed by atoms with Crippen LogP contribution in [0.1, 0.15) is 27.2 Å². The molecule has 0 saturated carbocycles. The van der Waals surface area contributed by atoms with Gasteiger partial charge in [-0.15, -0.1) is 0 Å². The minimum absolute atomic E-state index is 0.00880. The van der Waals surface area contributed by atoms with Crippen LogP contribution >= 0.6 is 11.6 Å². The molecule has 1 aromatic heterocycles. The molecule has 1 fully saturated rings. The lowest BCUT2D eigenvalue weighted by Crippen LogP contribution is -2.55. The Morgan fingerprint density at radius 2 is 2.23 bits per heavy atom. The van der Waals surface area contributed by atoms with Crippen molar-refractivity contribution in [2.24, 2.45) is 5.41 Å². The van der Waals surface area contributed by atoms with Crippen LogP contribution in [0.25, 0.3) is 10.9 Å². The second kappa shape index (κ2) is 5.51. The zero-order chi connectivity index (χ0) is 15.9. The molecule has 4 nitrogen and oxygen atoms in total. The average molecular weight is 320 g/mol. The molecule has 22 heavy (non-hydrogen) atoms. The monoisotopic (exact) mass is 319 g/mol. The number of halogens is 1. The van der Waals surface area contributed by atoms with Crippen molar-refractivity contribution in [1.29, 1.82) is 0 Å². The highest BCUT2D eigenvalue weighted by Gasteiger charge is 2.36. The number of carbonyl (C=O) groups is 1. The van der Waals surface area contributed by atoms with Crippen LogP contribution < -0.4 is 10.2 Å². The number of benzene rings is 1. The Morgan fingerprint density at radius 3 is 2.91 bits per heavy atom. The molecule has 1 aromatic carbocycles. The van der Waals surface area contributed by atoms with Crippen LogP contribution in [0.15, 0.2) is 24.4 Å². The Kier molecular flexibility index (Phi) is 3.81. The first-order valence-corrected chi connectivity index (χ1v) is 8.03. The fraction of sp³-hybridized carbons (Fsp3) is 0.471. The average Bonchev–Trinajstić information content (AvgIpc) is 2.87. The maximum Gasteiger partial charge on any atom is 0.217 e. The second-order valence-corrected chi connectivity index (χ2v) is 7.25. The van der Waals surface area contributed by atoms with Gasteiger partial charge >= 0.3 is 0 Å². The second-order valence-electron chi connectivity index (χ2n) is 6.82. The zero-order valence-electron chi connectivity index (χ0n) is 13.2. The molecular formula is C17H22ClN3O. The first-order chi connectivity index (χ1) is 10.4. The van der Waals surface area contributed by atoms with Gasteiger partial charge in [-0.25, -0.2) is 0 Å². The van der Waals surface area contributed by atoms with E-state index in [1.165, 1.54) is 5.39 Å². The minimum Gasteiger partial charge on any atom is -0.370 e. The molecule has 0 bridgehead atoms. The number of fused-ring (bicyclic) bond motifs is 1. The van der Waals surface area contributed by atoms with E-state index >= 15 is 0 Å². The molecule has 1 aliphatic heterocycles. The number of H-pyrrole nitrogens is 1. The third-order valence-electron chi connectivity index (χ3n) is 4.56. The van der Waals surface area contributed by atoms with Gasteiger partial charge in [-0.05, 0) is 24.6 Å². The van der Waals surface area contributed by atoms with Gasteiger partial charge in [0.15, 0.2) is 0 Å². The van der Waals surface area contributed by atoms with E-state index in [4.69, 9.17) is 11.6 Å². The van der Waals surface area contributed by atoms with Gasteiger partial charge < -0.3 is 15.2 Å². The van der Waals surface area contributed by atoms with Crippen LogP contribution in [0.4, 0.5) is 5.69 Å². The third-order valence-corrected chi connectivity index (χ3v) is 4.78. The number of piperidine rings is 1. The number of anilines is 1. The van der Waals surface area contributed by atoms with Crippen molar-refractivity contribution in [3.05, 3.63) is 29.4 Å². The molecule has 1 amide bonds. The molecule has 2 aromatic rings. The quantitative estimate of drug-likeness (QED) is 0.889. The van der Waals surface area contributed by atoms with Crippen molar-refractivity contribution < 1.29 is 4.79 Å². The Morgan fingerprint density at radius 1 is 1.45 bits per heavy atom. The van der Waals surface area contributed by atoms with Crippen LogP contribution in [-0.4, -0.2) is 30.0 Å². The summed E-state index contributed by atoms with van der Waals surface area (Å²) in [6.45, 7) is 7.80. The summed E-state index contributed by atoms with van der Waals surface area (Å²) in [4.78, 5) is 17.0. The van der Waals surface area contributed by atoms with Gasteiger partial charge in [-0.2, -0.15) is 0 Å². The summed E-state index contributed by atoms with van der Waals surface area (Å²) in [6, 6.07) is 6.29. The third kappa shape index (κ3) is 2.80. The molecule has 0 aliphatic carbocycles. The van der Waals surface area contributed by atoms with Gasteiger partial charge in [-0.3, -0.25) is 4.79 Å². The van der Waals surface area contributed by atoms with Gasteiger partial charge in [0, 0.05) is 59.3 Å². The fourth-order valence-electron chi connectivity index (χ4n) is 3.45. The van der Waals surface area contributed by atoms with Crippen molar-refractivity contribution in [3.8, 4) is 0 Å². The Labute approximate surface area is 135 Å². The minimum atomic E-state index is 0.00880. The maximum absolute atomic E-state index is 11.4. The lowest BCUT2D eigenvalue weighted by Gasteiger charge is -2.45. The smallest absolute Gasteiger partial charge is 0.217 e. The fourth-order valence-corrected chi connectivity index (χ4v) is 3.66. The zero-order valence-corrected chi connectivity index (χ0v) is 14.0. The number of aromatic nitrogens is 1. The molecular weight excluding hydrogens is 298 g/mol. The number of aromatic amines is 1. The van der Waals surface area contributed by atoms with E-state index in [2.05, 4.69) is 35.1 Å². The van der Waals surface area contributed by atoms with Crippen molar-refractivity contribution in [2.75, 3.05) is 18.0 Å². The molecule has 2 heterocycles. The molecule has 1 atom stereocenters. The summed E-state index contributed by atoms with van der Waals surface area (Å²) >= 11 is 6.26. The first-order valence-electron chi connectivity index (χ1n) is 7.65. The van der Waals surface area contributed by atoms with Gasteiger partial charge in [0.25, 0.3) is 0 Å². The summed E-state index contributed by atoms with van der Waals surface area (Å²) in [7, 11) is 0. The molecule has 0 radical (unpaired) electrons. The summed E-state index contributed by atoms with van der Waals surface area (Å²) in [5.41, 5.74) is 2.23. The largest absolute Gasteiger partial charge is 0.370 e. The number of amides is 1. The van der Waals surface area contributed by atoms with Crippen LogP contribution in [0.3, 0.4) is 0 Å². The van der Waals surface area contributed by atoms with E-state index < -0.39 is 0 Å². The lowest BCUT2D eigenvalue weighted by atomic mass is 9.78. The highest BCUT2D eigenvalue weighted by atomic mass is 35.5. The predicted molar refractivity (Wildman–Crippen MR) is 91.5 cm³/mol. The highest BCUT2D eigenvalue weighted by molar-refractivity contribution is 6.31. The SMILES string of the molecule is CC(=O)NC1CCN(c2cc(Cl)cc3[nH]ccc23)CC1(C)C. The van der Waals surface area contributed by atoms with Crippen LogP contribution in [0.2, 0.25) is 5.02 Å². The molecule has 0 spiro atoms. The Balaban J connectivity index is 1.90. The van der Waals surface area contributed by atoms with E-state index in [-0.39, 0.29) is 17.4 Å². The number of carbonyl (C=O) groups excluding carboxylic acids is 1. The summed E-state index contributed by atoms with van der Waals surface area (Å²) in [5.74, 6) is 0.0438. The molecule has 1 saturated heterocycles. The molecule has 2 N–H and O–H groups in total. The van der Waals surface area contributed by atoms with E-state index in [9.17, 15) is 4.79 Å². The number of nitrogens with zero attached hydrogens (tertiary/aromatic N) is 1. The van der Waals surface area contributed by atoms with Crippen molar-refractivity contribution >= 4 is 34.1 Å². The Bertz CT molecular complexity index is 707. The van der Waals surface area contributed by atoms with Gasteiger partial charge in [0.2, 0.25) is 5.91 Å². The molecule has 1 aliphatic rings. The molecule has 3 rings (SSSR count). The van der Waals surface area contributed by atoms with Gasteiger partial charge in [-0.1, -0.05) is 25.4 Å². The number of hydrogen-bond acceptors (Lipinski definition) is 2. The lowest BCUT2D eigenvalue weighted by molar-refractivity contribution is -0.120. The highest BCUT2D eigenvalue weighted by Crippen LogP contribution is 2.36. The summed E-state index contributed by atoms with van der Waals surface area (Å²) in [5, 5.41) is 5.02. The summed E-state index contributed by atoms with van der Waals surface area (Å²) in [6.07, 6.45) is 2.88.